The fourth-order valence-corrected chi connectivity index (χ4v) is 3.96. The van der Waals surface area contributed by atoms with Gasteiger partial charge in [-0.15, -0.1) is 0 Å². The lowest BCUT2D eigenvalue weighted by Crippen LogP contribution is -2.18. The first-order valence-corrected chi connectivity index (χ1v) is 10.5. The first-order valence-electron chi connectivity index (χ1n) is 10.5. The van der Waals surface area contributed by atoms with Crippen LogP contribution in [-0.4, -0.2) is 52.3 Å². The van der Waals surface area contributed by atoms with Gasteiger partial charge in [-0.1, -0.05) is 66.7 Å². The molecule has 7 heteroatoms. The van der Waals surface area contributed by atoms with Gasteiger partial charge in [0.2, 0.25) is 11.8 Å². The second kappa shape index (κ2) is 8.90. The summed E-state index contributed by atoms with van der Waals surface area (Å²) in [4.78, 5) is 13.8. The second-order valence-corrected chi connectivity index (χ2v) is 7.67. The number of benzene rings is 2. The molecule has 4 atom stereocenters. The van der Waals surface area contributed by atoms with E-state index in [-0.39, 0.29) is 25.4 Å². The highest BCUT2D eigenvalue weighted by Gasteiger charge is 2.35. The highest BCUT2D eigenvalue weighted by atomic mass is 16.5. The minimum Gasteiger partial charge on any atom is -0.466 e. The van der Waals surface area contributed by atoms with Crippen molar-refractivity contribution in [2.24, 2.45) is 9.98 Å². The summed E-state index contributed by atoms with van der Waals surface area (Å²) in [7, 11) is 0. The number of aliphatic hydroxyl groups excluding tert-OH is 2. The number of hydrogen-bond acceptors (Lipinski definition) is 7. The van der Waals surface area contributed by atoms with E-state index in [0.29, 0.717) is 23.2 Å². The molecule has 2 N–H and O–H groups in total. The van der Waals surface area contributed by atoms with Gasteiger partial charge in [-0.05, 0) is 23.3 Å². The van der Waals surface area contributed by atoms with Crippen molar-refractivity contribution in [2.45, 2.75) is 24.3 Å². The molecular weight excluding hydrogens is 406 g/mol. The number of aliphatic imine (C=N–C) groups is 2. The highest BCUT2D eigenvalue weighted by molar-refractivity contribution is 5.97. The normalized spacial score (nSPS) is 24.4. The number of aliphatic hydroxyl groups is 2. The third kappa shape index (κ3) is 3.88. The van der Waals surface area contributed by atoms with E-state index < -0.39 is 12.1 Å². The fourth-order valence-electron chi connectivity index (χ4n) is 3.96. The van der Waals surface area contributed by atoms with Gasteiger partial charge in [0, 0.05) is 0 Å². The molecule has 162 valence electrons. The molecule has 0 saturated carbocycles. The van der Waals surface area contributed by atoms with Crippen molar-refractivity contribution in [1.82, 2.24) is 4.98 Å². The maximum absolute atomic E-state index is 9.81. The van der Waals surface area contributed by atoms with Crippen molar-refractivity contribution in [3.8, 4) is 0 Å². The average Bonchev–Trinajstić information content (AvgIpc) is 3.50. The SMILES string of the molecule is OC[C@@H]1N=C(c2cccc(C3=N[C@@H](CO)[C@H](c4ccccc4)O3)n2)O[C@H]1c1ccccc1. The number of nitrogens with zero attached hydrogens (tertiary/aromatic N) is 3. The topological polar surface area (TPSA) is 96.5 Å². The van der Waals surface area contributed by atoms with Gasteiger partial charge in [-0.2, -0.15) is 0 Å². The largest absolute Gasteiger partial charge is 0.466 e. The van der Waals surface area contributed by atoms with Gasteiger partial charge < -0.3 is 19.7 Å². The summed E-state index contributed by atoms with van der Waals surface area (Å²) in [5.41, 5.74) is 2.96. The Morgan fingerprint density at radius 2 is 1.03 bits per heavy atom. The van der Waals surface area contributed by atoms with E-state index in [1.54, 1.807) is 12.1 Å². The maximum Gasteiger partial charge on any atom is 0.236 e. The summed E-state index contributed by atoms with van der Waals surface area (Å²) in [5, 5.41) is 19.6. The van der Waals surface area contributed by atoms with Crippen LogP contribution in [0.25, 0.3) is 0 Å². The van der Waals surface area contributed by atoms with Crippen LogP contribution in [0.2, 0.25) is 0 Å². The third-order valence-electron chi connectivity index (χ3n) is 5.56. The van der Waals surface area contributed by atoms with E-state index in [2.05, 4.69) is 15.0 Å². The highest BCUT2D eigenvalue weighted by Crippen LogP contribution is 2.32. The third-order valence-corrected chi connectivity index (χ3v) is 5.56. The van der Waals surface area contributed by atoms with Crippen LogP contribution in [-0.2, 0) is 9.47 Å². The van der Waals surface area contributed by atoms with E-state index in [0.717, 1.165) is 11.1 Å². The zero-order valence-corrected chi connectivity index (χ0v) is 17.3. The molecule has 0 fully saturated rings. The minimum atomic E-state index is -0.404. The lowest BCUT2D eigenvalue weighted by Gasteiger charge is -2.16. The predicted molar refractivity (Wildman–Crippen MR) is 120 cm³/mol. The van der Waals surface area contributed by atoms with E-state index in [4.69, 9.17) is 9.47 Å². The zero-order valence-electron chi connectivity index (χ0n) is 17.3. The van der Waals surface area contributed by atoms with E-state index >= 15 is 0 Å². The molecule has 32 heavy (non-hydrogen) atoms. The first-order chi connectivity index (χ1) is 15.8. The van der Waals surface area contributed by atoms with Gasteiger partial charge in [0.1, 0.15) is 23.5 Å². The molecule has 0 saturated heterocycles. The van der Waals surface area contributed by atoms with Crippen LogP contribution in [0.5, 0.6) is 0 Å². The van der Waals surface area contributed by atoms with Crippen molar-refractivity contribution in [2.75, 3.05) is 13.2 Å². The Morgan fingerprint density at radius 1 is 0.594 bits per heavy atom. The van der Waals surface area contributed by atoms with E-state index in [9.17, 15) is 10.2 Å². The van der Waals surface area contributed by atoms with Gasteiger partial charge >= 0.3 is 0 Å². The van der Waals surface area contributed by atoms with Gasteiger partial charge in [0.25, 0.3) is 0 Å². The van der Waals surface area contributed by atoms with Crippen LogP contribution >= 0.6 is 0 Å². The molecule has 5 rings (SSSR count). The monoisotopic (exact) mass is 429 g/mol. The van der Waals surface area contributed by atoms with E-state index in [1.807, 2.05) is 66.7 Å². The van der Waals surface area contributed by atoms with Crippen LogP contribution in [0.1, 0.15) is 34.7 Å². The van der Waals surface area contributed by atoms with Gasteiger partial charge in [0.15, 0.2) is 12.2 Å². The van der Waals surface area contributed by atoms with Gasteiger partial charge in [-0.3, -0.25) is 0 Å². The van der Waals surface area contributed by atoms with Crippen molar-refractivity contribution >= 4 is 11.8 Å². The van der Waals surface area contributed by atoms with Crippen LogP contribution in [0.15, 0.2) is 88.8 Å². The Hall–Kier alpha value is -3.55. The smallest absolute Gasteiger partial charge is 0.236 e. The Bertz CT molecular complexity index is 1050. The number of pyridine rings is 1. The van der Waals surface area contributed by atoms with Crippen LogP contribution in [0, 0.1) is 0 Å². The Labute approximate surface area is 185 Å². The first kappa shape index (κ1) is 20.4. The maximum atomic E-state index is 9.81. The molecule has 0 unspecified atom stereocenters. The summed E-state index contributed by atoms with van der Waals surface area (Å²) in [6.07, 6.45) is -0.745. The number of rotatable bonds is 6. The quantitative estimate of drug-likeness (QED) is 0.628. The lowest BCUT2D eigenvalue weighted by atomic mass is 10.0. The molecule has 0 aliphatic carbocycles. The molecule has 0 amide bonds. The Kier molecular flexibility index (Phi) is 5.66. The molecule has 2 aromatic carbocycles. The number of hydrogen-bond donors (Lipinski definition) is 2. The number of ether oxygens (including phenoxy) is 2. The fraction of sp³-hybridized carbons (Fsp3) is 0.240. The molecule has 0 radical (unpaired) electrons. The summed E-state index contributed by atoms with van der Waals surface area (Å²) < 4.78 is 12.2. The number of aromatic nitrogens is 1. The lowest BCUT2D eigenvalue weighted by molar-refractivity contribution is 0.151. The molecule has 3 heterocycles. The molecule has 0 bridgehead atoms. The van der Waals surface area contributed by atoms with E-state index in [1.165, 1.54) is 0 Å². The summed E-state index contributed by atoms with van der Waals surface area (Å²) in [6, 6.07) is 24.0. The van der Waals surface area contributed by atoms with Crippen LogP contribution in [0.3, 0.4) is 0 Å². The minimum absolute atomic E-state index is 0.129. The molecule has 1 aromatic heterocycles. The van der Waals surface area contributed by atoms with Gasteiger partial charge in [0.05, 0.1) is 13.2 Å². The molecule has 3 aromatic rings. The summed E-state index contributed by atoms with van der Waals surface area (Å²) in [6.45, 7) is -0.259. The van der Waals surface area contributed by atoms with Crippen molar-refractivity contribution in [3.05, 3.63) is 101 Å². The Balaban J connectivity index is 1.39. The predicted octanol–water partition coefficient (Wildman–Crippen LogP) is 2.84. The van der Waals surface area contributed by atoms with Crippen molar-refractivity contribution < 1.29 is 19.7 Å². The second-order valence-electron chi connectivity index (χ2n) is 7.67. The summed E-state index contributed by atoms with van der Waals surface area (Å²) in [5.74, 6) is 0.744. The molecule has 2 aliphatic heterocycles. The molecule has 0 spiro atoms. The Morgan fingerprint density at radius 3 is 1.44 bits per heavy atom. The summed E-state index contributed by atoms with van der Waals surface area (Å²) >= 11 is 0. The molecule has 2 aliphatic rings. The molecule has 7 nitrogen and oxygen atoms in total. The van der Waals surface area contributed by atoms with Crippen molar-refractivity contribution in [3.63, 3.8) is 0 Å². The standard InChI is InChI=1S/C25H23N3O4/c29-14-20-22(16-8-3-1-4-9-16)31-24(27-20)18-12-7-13-19(26-18)25-28-21(15-30)23(32-25)17-10-5-2-6-11-17/h1-13,20-23,29-30H,14-15H2/t20-,21-,22-,23-/m0/s1. The van der Waals surface area contributed by atoms with Crippen LogP contribution < -0.4 is 0 Å². The average molecular weight is 429 g/mol. The van der Waals surface area contributed by atoms with Crippen molar-refractivity contribution in [1.29, 1.82) is 0 Å². The molecular formula is C25H23N3O4. The van der Waals surface area contributed by atoms with Gasteiger partial charge in [-0.25, -0.2) is 15.0 Å². The van der Waals surface area contributed by atoms with Crippen LogP contribution in [0.4, 0.5) is 0 Å². The zero-order chi connectivity index (χ0) is 21.9.